The molecular formula is C16H23F3N2O4. The van der Waals surface area contributed by atoms with E-state index in [1.54, 1.807) is 20.8 Å². The average Bonchev–Trinajstić information content (AvgIpc) is 2.52. The van der Waals surface area contributed by atoms with E-state index < -0.39 is 54.4 Å². The van der Waals surface area contributed by atoms with Gasteiger partial charge in [0, 0.05) is 6.54 Å². The molecule has 0 spiro atoms. The van der Waals surface area contributed by atoms with E-state index >= 15 is 0 Å². The Morgan fingerprint density at radius 3 is 2.32 bits per heavy atom. The number of hydrogen-bond donors (Lipinski definition) is 1. The summed E-state index contributed by atoms with van der Waals surface area (Å²) in [5.74, 6) is -1.06. The number of piperidine rings is 2. The van der Waals surface area contributed by atoms with Gasteiger partial charge >= 0.3 is 12.3 Å². The van der Waals surface area contributed by atoms with Crippen molar-refractivity contribution in [1.82, 2.24) is 9.80 Å². The maximum absolute atomic E-state index is 12.6. The minimum atomic E-state index is -4.60. The molecule has 25 heavy (non-hydrogen) atoms. The van der Waals surface area contributed by atoms with Crippen molar-refractivity contribution in [2.24, 2.45) is 5.92 Å². The summed E-state index contributed by atoms with van der Waals surface area (Å²) in [6.07, 6.45) is -6.76. The Balaban J connectivity index is 1.83. The molecule has 3 bridgehead atoms. The third kappa shape index (κ3) is 3.43. The van der Waals surface area contributed by atoms with Crippen LogP contribution in [-0.2, 0) is 9.53 Å². The van der Waals surface area contributed by atoms with Crippen molar-refractivity contribution in [3.63, 3.8) is 0 Å². The molecule has 5 atom stereocenters. The van der Waals surface area contributed by atoms with Crippen LogP contribution in [0.1, 0.15) is 40.0 Å². The summed E-state index contributed by atoms with van der Waals surface area (Å²) in [5.41, 5.74) is -0.719. The lowest BCUT2D eigenvalue weighted by Gasteiger charge is -2.46. The minimum Gasteiger partial charge on any atom is -0.444 e. The lowest BCUT2D eigenvalue weighted by Crippen LogP contribution is -2.59. The Bertz CT molecular complexity index is 575. The SMILES string of the molecule is CC(C)(C)OC(=O)N1C2CC3CC1C(C2O)N(C(=O)CC(F)(F)F)C3. The van der Waals surface area contributed by atoms with Crippen LogP contribution in [0.2, 0.25) is 0 Å². The zero-order chi connectivity index (χ0) is 18.7. The highest BCUT2D eigenvalue weighted by Gasteiger charge is 2.61. The molecule has 0 radical (unpaired) electrons. The second-order valence-electron chi connectivity index (χ2n) is 8.18. The average molecular weight is 364 g/mol. The van der Waals surface area contributed by atoms with Gasteiger partial charge in [-0.2, -0.15) is 13.2 Å². The van der Waals surface area contributed by atoms with Crippen molar-refractivity contribution in [3.05, 3.63) is 0 Å². The number of ether oxygens (including phenoxy) is 1. The van der Waals surface area contributed by atoms with Gasteiger partial charge < -0.3 is 14.7 Å². The van der Waals surface area contributed by atoms with Crippen LogP contribution in [0.5, 0.6) is 0 Å². The summed E-state index contributed by atoms with van der Waals surface area (Å²) in [6, 6.07) is -1.82. The molecule has 3 saturated heterocycles. The number of hydrogen-bond acceptors (Lipinski definition) is 4. The highest BCUT2D eigenvalue weighted by atomic mass is 19.4. The van der Waals surface area contributed by atoms with Crippen molar-refractivity contribution < 1.29 is 32.6 Å². The topological polar surface area (TPSA) is 70.1 Å². The third-order valence-electron chi connectivity index (χ3n) is 5.09. The van der Waals surface area contributed by atoms with E-state index in [1.165, 1.54) is 4.90 Å². The number of amides is 2. The standard InChI is InChI=1S/C16H23F3N2O4/c1-15(2,3)25-14(24)21-9-4-8-5-10(21)13(23)12(9)20(7-8)11(22)6-16(17,18)19/h8-10,12-13,23H,4-7H2,1-3H3. The minimum absolute atomic E-state index is 0.0146. The monoisotopic (exact) mass is 364 g/mol. The number of aliphatic hydroxyl groups is 1. The van der Waals surface area contributed by atoms with Crippen LogP contribution in [-0.4, -0.2) is 69.5 Å². The van der Waals surface area contributed by atoms with Crippen molar-refractivity contribution in [3.8, 4) is 0 Å². The zero-order valence-electron chi connectivity index (χ0n) is 14.4. The molecule has 3 fully saturated rings. The molecule has 3 rings (SSSR count). The Kier molecular flexibility index (Phi) is 4.21. The molecule has 0 aliphatic carbocycles. The first-order valence-electron chi connectivity index (χ1n) is 8.43. The van der Waals surface area contributed by atoms with Gasteiger partial charge in [-0.3, -0.25) is 9.69 Å². The number of alkyl halides is 3. The van der Waals surface area contributed by atoms with Crippen molar-refractivity contribution in [2.75, 3.05) is 6.54 Å². The largest absolute Gasteiger partial charge is 0.444 e. The van der Waals surface area contributed by atoms with Gasteiger partial charge in [-0.05, 0) is 39.5 Å². The van der Waals surface area contributed by atoms with Gasteiger partial charge in [0.15, 0.2) is 0 Å². The first kappa shape index (κ1) is 18.3. The number of nitrogens with zero attached hydrogens (tertiary/aromatic N) is 2. The predicted molar refractivity (Wildman–Crippen MR) is 80.6 cm³/mol. The summed E-state index contributed by atoms with van der Waals surface area (Å²) in [7, 11) is 0. The number of halogens is 3. The summed E-state index contributed by atoms with van der Waals surface area (Å²) >= 11 is 0. The van der Waals surface area contributed by atoms with E-state index in [4.69, 9.17) is 4.74 Å². The Morgan fingerprint density at radius 2 is 1.76 bits per heavy atom. The van der Waals surface area contributed by atoms with Gasteiger partial charge in [0.2, 0.25) is 5.91 Å². The summed E-state index contributed by atoms with van der Waals surface area (Å²) < 4.78 is 43.2. The van der Waals surface area contributed by atoms with Crippen molar-refractivity contribution >= 4 is 12.0 Å². The van der Waals surface area contributed by atoms with Gasteiger partial charge in [0.05, 0.1) is 24.2 Å². The van der Waals surface area contributed by atoms with Crippen molar-refractivity contribution in [2.45, 2.75) is 76.0 Å². The molecule has 0 saturated carbocycles. The lowest BCUT2D eigenvalue weighted by molar-refractivity contribution is -0.166. The van der Waals surface area contributed by atoms with E-state index in [-0.39, 0.29) is 12.5 Å². The second-order valence-corrected chi connectivity index (χ2v) is 8.18. The molecule has 3 aliphatic rings. The summed E-state index contributed by atoms with van der Waals surface area (Å²) in [5, 5.41) is 10.6. The summed E-state index contributed by atoms with van der Waals surface area (Å²) in [6.45, 7) is 5.36. The predicted octanol–water partition coefficient (Wildman–Crippen LogP) is 1.91. The lowest BCUT2D eigenvalue weighted by atomic mass is 9.86. The highest BCUT2D eigenvalue weighted by Crippen LogP contribution is 2.46. The smallest absolute Gasteiger partial charge is 0.410 e. The van der Waals surface area contributed by atoms with Gasteiger partial charge in [-0.25, -0.2) is 4.79 Å². The number of fused-ring (bicyclic) bond motifs is 2. The van der Waals surface area contributed by atoms with Crippen molar-refractivity contribution in [1.29, 1.82) is 0 Å². The molecule has 142 valence electrons. The summed E-state index contributed by atoms with van der Waals surface area (Å²) in [4.78, 5) is 27.2. The van der Waals surface area contributed by atoms with E-state index in [1.807, 2.05) is 0 Å². The van der Waals surface area contributed by atoms with Gasteiger partial charge in [-0.1, -0.05) is 0 Å². The zero-order valence-corrected chi connectivity index (χ0v) is 14.4. The number of rotatable bonds is 1. The first-order chi connectivity index (χ1) is 11.4. The molecule has 3 aliphatic heterocycles. The Morgan fingerprint density at radius 1 is 1.16 bits per heavy atom. The van der Waals surface area contributed by atoms with E-state index in [0.29, 0.717) is 12.8 Å². The molecule has 0 aromatic heterocycles. The molecule has 9 heteroatoms. The molecule has 0 aromatic rings. The van der Waals surface area contributed by atoms with Gasteiger partial charge in [-0.15, -0.1) is 0 Å². The molecule has 5 unspecified atom stereocenters. The number of carbonyl (C=O) groups is 2. The molecule has 6 nitrogen and oxygen atoms in total. The maximum Gasteiger partial charge on any atom is 0.410 e. The molecule has 3 heterocycles. The molecular weight excluding hydrogens is 341 g/mol. The van der Waals surface area contributed by atoms with Crippen LogP contribution in [0.25, 0.3) is 0 Å². The molecule has 1 N–H and O–H groups in total. The van der Waals surface area contributed by atoms with Crippen LogP contribution in [0.3, 0.4) is 0 Å². The number of carbonyl (C=O) groups excluding carboxylic acids is 2. The maximum atomic E-state index is 12.6. The molecule has 0 aromatic carbocycles. The highest BCUT2D eigenvalue weighted by molar-refractivity contribution is 5.78. The fourth-order valence-electron chi connectivity index (χ4n) is 4.38. The number of aliphatic hydroxyl groups excluding tert-OH is 1. The second kappa shape index (κ2) is 5.75. The normalized spacial score (nSPS) is 34.4. The van der Waals surface area contributed by atoms with Gasteiger partial charge in [0.25, 0.3) is 0 Å². The quantitative estimate of drug-likeness (QED) is 0.772. The fourth-order valence-corrected chi connectivity index (χ4v) is 4.38. The third-order valence-corrected chi connectivity index (χ3v) is 5.09. The van der Waals surface area contributed by atoms with Crippen LogP contribution in [0.4, 0.5) is 18.0 Å². The van der Waals surface area contributed by atoms with E-state index in [9.17, 15) is 27.9 Å². The fraction of sp³-hybridized carbons (Fsp3) is 0.875. The first-order valence-corrected chi connectivity index (χ1v) is 8.43. The van der Waals surface area contributed by atoms with E-state index in [0.717, 1.165) is 4.90 Å². The van der Waals surface area contributed by atoms with Crippen LogP contribution in [0, 0.1) is 5.92 Å². The van der Waals surface area contributed by atoms with Crippen LogP contribution < -0.4 is 0 Å². The Labute approximate surface area is 143 Å². The van der Waals surface area contributed by atoms with Crippen LogP contribution in [0.15, 0.2) is 0 Å². The van der Waals surface area contributed by atoms with Gasteiger partial charge in [0.1, 0.15) is 12.0 Å². The Hall–Kier alpha value is -1.51. The molecule has 2 amide bonds. The number of likely N-dealkylation sites (tertiary alicyclic amines) is 1. The van der Waals surface area contributed by atoms with Crippen LogP contribution >= 0.6 is 0 Å². The van der Waals surface area contributed by atoms with E-state index in [2.05, 4.69) is 0 Å².